The largest absolute Gasteiger partial charge is 0.489 e. The number of hydrogen-bond donors (Lipinski definition) is 0. The van der Waals surface area contributed by atoms with E-state index < -0.39 is 0 Å². The van der Waals surface area contributed by atoms with Gasteiger partial charge in [0.05, 0.1) is 11.4 Å². The molecule has 1 aliphatic heterocycles. The van der Waals surface area contributed by atoms with E-state index in [1.54, 1.807) is 6.20 Å². The molecule has 1 unspecified atom stereocenters. The van der Waals surface area contributed by atoms with Crippen molar-refractivity contribution in [2.24, 2.45) is 4.99 Å². The average molecular weight is 354 g/mol. The summed E-state index contributed by atoms with van der Waals surface area (Å²) >= 11 is 0. The average Bonchev–Trinajstić information content (AvgIpc) is 3.19. The van der Waals surface area contributed by atoms with E-state index in [9.17, 15) is 0 Å². The molecule has 4 rings (SSSR count). The third kappa shape index (κ3) is 3.82. The van der Waals surface area contributed by atoms with Gasteiger partial charge in [-0.2, -0.15) is 0 Å². The van der Waals surface area contributed by atoms with Gasteiger partial charge >= 0.3 is 0 Å². The van der Waals surface area contributed by atoms with Crippen molar-refractivity contribution in [3.8, 4) is 5.75 Å². The van der Waals surface area contributed by atoms with Gasteiger partial charge in [-0.25, -0.2) is 0 Å². The van der Waals surface area contributed by atoms with Crippen LogP contribution in [0.25, 0.3) is 5.70 Å². The van der Waals surface area contributed by atoms with Crippen LogP contribution < -0.4 is 4.74 Å². The van der Waals surface area contributed by atoms with Crippen molar-refractivity contribution < 1.29 is 4.74 Å². The van der Waals surface area contributed by atoms with Crippen LogP contribution >= 0.6 is 0 Å². The summed E-state index contributed by atoms with van der Waals surface area (Å²) in [7, 11) is 0. The van der Waals surface area contributed by atoms with E-state index in [1.165, 1.54) is 22.3 Å². The lowest BCUT2D eigenvalue weighted by Gasteiger charge is -2.12. The van der Waals surface area contributed by atoms with Gasteiger partial charge < -0.3 is 4.74 Å². The highest BCUT2D eigenvalue weighted by Crippen LogP contribution is 2.29. The van der Waals surface area contributed by atoms with Crippen LogP contribution in [0.1, 0.15) is 33.9 Å². The lowest BCUT2D eigenvalue weighted by atomic mass is 10.0. The highest BCUT2D eigenvalue weighted by Gasteiger charge is 2.15. The lowest BCUT2D eigenvalue weighted by Crippen LogP contribution is -2.01. The first kappa shape index (κ1) is 17.2. The van der Waals surface area contributed by atoms with Gasteiger partial charge in [-0.3, -0.25) is 9.98 Å². The SMILES string of the molecule is Cc1cccc(C)c1COc1ccc(C2C=NC(c3ccccn3)=C2)cc1. The molecule has 0 N–H and O–H groups in total. The Labute approximate surface area is 160 Å². The van der Waals surface area contributed by atoms with Crippen molar-refractivity contribution in [1.82, 2.24) is 4.98 Å². The van der Waals surface area contributed by atoms with Crippen molar-refractivity contribution in [1.29, 1.82) is 0 Å². The molecule has 0 saturated heterocycles. The number of nitrogens with zero attached hydrogens (tertiary/aromatic N) is 2. The number of benzene rings is 2. The fourth-order valence-electron chi connectivity index (χ4n) is 3.28. The molecule has 0 saturated carbocycles. The maximum atomic E-state index is 6.00. The summed E-state index contributed by atoms with van der Waals surface area (Å²) in [4.78, 5) is 8.89. The van der Waals surface area contributed by atoms with Crippen LogP contribution in [0.5, 0.6) is 5.75 Å². The second-order valence-corrected chi connectivity index (χ2v) is 6.80. The number of allylic oxidation sites excluding steroid dienone is 1. The van der Waals surface area contributed by atoms with E-state index in [0.29, 0.717) is 6.61 Å². The smallest absolute Gasteiger partial charge is 0.119 e. The first-order valence-electron chi connectivity index (χ1n) is 9.16. The Hall–Kier alpha value is -3.20. The van der Waals surface area contributed by atoms with Gasteiger partial charge in [0.25, 0.3) is 0 Å². The quantitative estimate of drug-likeness (QED) is 0.607. The van der Waals surface area contributed by atoms with Gasteiger partial charge in [0.15, 0.2) is 0 Å². The first-order valence-corrected chi connectivity index (χ1v) is 9.16. The van der Waals surface area contributed by atoms with E-state index in [4.69, 9.17) is 4.74 Å². The molecule has 0 bridgehead atoms. The number of hydrogen-bond acceptors (Lipinski definition) is 3. The van der Waals surface area contributed by atoms with Crippen LogP contribution in [0.15, 0.2) is 77.9 Å². The van der Waals surface area contributed by atoms with E-state index >= 15 is 0 Å². The van der Waals surface area contributed by atoms with Crippen LogP contribution in [0.3, 0.4) is 0 Å². The van der Waals surface area contributed by atoms with Crippen LogP contribution in [0, 0.1) is 13.8 Å². The van der Waals surface area contributed by atoms with E-state index in [1.807, 2.05) is 36.5 Å². The van der Waals surface area contributed by atoms with E-state index in [-0.39, 0.29) is 5.92 Å². The summed E-state index contributed by atoms with van der Waals surface area (Å²) in [5, 5.41) is 0. The Morgan fingerprint density at radius 2 is 1.67 bits per heavy atom. The third-order valence-electron chi connectivity index (χ3n) is 4.93. The molecular weight excluding hydrogens is 332 g/mol. The highest BCUT2D eigenvalue weighted by atomic mass is 16.5. The predicted molar refractivity (Wildman–Crippen MR) is 110 cm³/mol. The monoisotopic (exact) mass is 354 g/mol. The molecule has 0 fully saturated rings. The van der Waals surface area contributed by atoms with Crippen molar-refractivity contribution >= 4 is 11.9 Å². The Balaban J connectivity index is 1.44. The van der Waals surface area contributed by atoms with Gasteiger partial charge in [-0.05, 0) is 66.4 Å². The molecule has 2 heterocycles. The van der Waals surface area contributed by atoms with Crippen LogP contribution in [0.4, 0.5) is 0 Å². The Kier molecular flexibility index (Phi) is 4.84. The van der Waals surface area contributed by atoms with Crippen molar-refractivity contribution in [2.45, 2.75) is 26.4 Å². The number of rotatable bonds is 5. The van der Waals surface area contributed by atoms with Crippen molar-refractivity contribution in [2.75, 3.05) is 0 Å². The highest BCUT2D eigenvalue weighted by molar-refractivity contribution is 5.86. The Morgan fingerprint density at radius 3 is 2.37 bits per heavy atom. The molecule has 0 aliphatic carbocycles. The first-order chi connectivity index (χ1) is 13.2. The second-order valence-electron chi connectivity index (χ2n) is 6.80. The molecule has 2 aromatic carbocycles. The summed E-state index contributed by atoms with van der Waals surface area (Å²) in [5.74, 6) is 1.06. The molecule has 3 aromatic rings. The topological polar surface area (TPSA) is 34.5 Å². The molecule has 3 nitrogen and oxygen atoms in total. The molecule has 27 heavy (non-hydrogen) atoms. The molecular formula is C24H22N2O. The molecule has 0 radical (unpaired) electrons. The molecule has 0 amide bonds. The molecule has 1 aliphatic rings. The summed E-state index contributed by atoms with van der Waals surface area (Å²) in [6.07, 6.45) is 5.91. The maximum Gasteiger partial charge on any atom is 0.119 e. The summed E-state index contributed by atoms with van der Waals surface area (Å²) < 4.78 is 6.00. The van der Waals surface area contributed by atoms with Crippen molar-refractivity contribution in [3.05, 3.63) is 101 Å². The minimum absolute atomic E-state index is 0.176. The number of aliphatic imine (C=N–C) groups is 1. The zero-order valence-corrected chi connectivity index (χ0v) is 15.6. The predicted octanol–water partition coefficient (Wildman–Crippen LogP) is 5.49. The molecule has 3 heteroatoms. The number of ether oxygens (including phenoxy) is 1. The minimum Gasteiger partial charge on any atom is -0.489 e. The molecule has 0 spiro atoms. The Bertz CT molecular complexity index is 968. The van der Waals surface area contributed by atoms with E-state index in [2.05, 4.69) is 60.2 Å². The summed E-state index contributed by atoms with van der Waals surface area (Å²) in [6, 6.07) is 20.5. The van der Waals surface area contributed by atoms with Crippen LogP contribution in [-0.4, -0.2) is 11.2 Å². The summed E-state index contributed by atoms with van der Waals surface area (Å²) in [5.41, 5.74) is 6.82. The van der Waals surface area contributed by atoms with Gasteiger partial charge in [-0.1, -0.05) is 36.4 Å². The molecule has 1 atom stereocenters. The summed E-state index contributed by atoms with van der Waals surface area (Å²) in [6.45, 7) is 4.84. The molecule has 1 aromatic heterocycles. The van der Waals surface area contributed by atoms with E-state index in [0.717, 1.165) is 17.1 Å². The third-order valence-corrected chi connectivity index (χ3v) is 4.93. The van der Waals surface area contributed by atoms with Gasteiger partial charge in [0.2, 0.25) is 0 Å². The number of aromatic nitrogens is 1. The van der Waals surface area contributed by atoms with Gasteiger partial charge in [0.1, 0.15) is 12.4 Å². The minimum atomic E-state index is 0.176. The van der Waals surface area contributed by atoms with Gasteiger partial charge in [-0.15, -0.1) is 0 Å². The zero-order valence-electron chi connectivity index (χ0n) is 15.6. The second kappa shape index (κ2) is 7.58. The number of pyridine rings is 1. The normalized spacial score (nSPS) is 15.6. The standard InChI is InChI=1S/C24H22N2O/c1-17-6-5-7-18(2)22(17)16-27-21-11-9-19(10-12-21)20-14-24(26-15-20)23-8-3-4-13-25-23/h3-15,20H,16H2,1-2H3. The maximum absolute atomic E-state index is 6.00. The lowest BCUT2D eigenvalue weighted by molar-refractivity contribution is 0.304. The fraction of sp³-hybridized carbons (Fsp3) is 0.167. The van der Waals surface area contributed by atoms with Crippen molar-refractivity contribution in [3.63, 3.8) is 0 Å². The van der Waals surface area contributed by atoms with Gasteiger partial charge in [0, 0.05) is 18.3 Å². The fourth-order valence-corrected chi connectivity index (χ4v) is 3.28. The Morgan fingerprint density at radius 1 is 0.889 bits per heavy atom. The van der Waals surface area contributed by atoms with Crippen LogP contribution in [0.2, 0.25) is 0 Å². The number of aryl methyl sites for hydroxylation is 2. The zero-order chi connectivity index (χ0) is 18.6. The van der Waals surface area contributed by atoms with Crippen LogP contribution in [-0.2, 0) is 6.61 Å². The molecule has 134 valence electrons.